The first-order valence-corrected chi connectivity index (χ1v) is 8.82. The molecule has 0 aromatic carbocycles. The molecule has 0 amide bonds. The number of H-pyrrole nitrogens is 1. The molecule has 0 unspecified atom stereocenters. The van der Waals surface area contributed by atoms with Crippen molar-refractivity contribution in [3.63, 3.8) is 0 Å². The Morgan fingerprint density at radius 1 is 1.11 bits per heavy atom. The van der Waals surface area contributed by atoms with Crippen LogP contribution in [-0.2, 0) is 33.3 Å². The van der Waals surface area contributed by atoms with Crippen molar-refractivity contribution in [2.24, 2.45) is 0 Å². The highest BCUT2D eigenvalue weighted by Gasteiger charge is 2.50. The van der Waals surface area contributed by atoms with Gasteiger partial charge in [-0.25, -0.2) is 4.79 Å². The number of hydrogen-bond acceptors (Lipinski definition) is 9. The number of aromatic nitrogens is 2. The number of rotatable bonds is 5. The molecule has 0 bridgehead atoms. The van der Waals surface area contributed by atoms with E-state index in [1.807, 2.05) is 0 Å². The van der Waals surface area contributed by atoms with Crippen LogP contribution in [0.2, 0.25) is 0 Å². The number of hydrogen-bond donors (Lipinski definition) is 1. The fraction of sp³-hybridized carbons (Fsp3) is 0.533. The molecule has 1 aromatic heterocycles. The molecule has 1 saturated heterocycles. The smallest absolute Gasteiger partial charge is 0.330 e. The van der Waals surface area contributed by atoms with Crippen molar-refractivity contribution in [2.45, 2.75) is 45.3 Å². The van der Waals surface area contributed by atoms with Gasteiger partial charge in [0.2, 0.25) is 0 Å². The fourth-order valence-electron chi connectivity index (χ4n) is 2.57. The van der Waals surface area contributed by atoms with Gasteiger partial charge < -0.3 is 18.9 Å². The van der Waals surface area contributed by atoms with Crippen LogP contribution in [0.25, 0.3) is 0 Å². The Morgan fingerprint density at radius 2 is 1.70 bits per heavy atom. The van der Waals surface area contributed by atoms with E-state index in [9.17, 15) is 24.0 Å². The maximum atomic E-state index is 12.2. The molecular weight excluding hydrogens is 479 g/mol. The Balaban J connectivity index is 2.47. The molecule has 1 aliphatic rings. The highest BCUT2D eigenvalue weighted by Crippen LogP contribution is 2.33. The highest BCUT2D eigenvalue weighted by atomic mass is 127. The number of halogens is 1. The quantitative estimate of drug-likeness (QED) is 0.323. The Kier molecular flexibility index (Phi) is 6.75. The number of carbonyl (C=O) groups excluding carboxylic acids is 3. The minimum absolute atomic E-state index is 0.185. The van der Waals surface area contributed by atoms with Gasteiger partial charge in [0.05, 0.1) is 3.57 Å². The first kappa shape index (κ1) is 21.1. The zero-order valence-electron chi connectivity index (χ0n) is 14.6. The lowest BCUT2D eigenvalue weighted by molar-refractivity contribution is -0.166. The summed E-state index contributed by atoms with van der Waals surface area (Å²) in [6.07, 6.45) is -3.32. The van der Waals surface area contributed by atoms with Gasteiger partial charge in [-0.15, -0.1) is 0 Å². The van der Waals surface area contributed by atoms with Crippen molar-refractivity contribution < 1.29 is 33.3 Å². The van der Waals surface area contributed by atoms with E-state index in [1.54, 1.807) is 22.6 Å². The average Bonchev–Trinajstić information content (AvgIpc) is 2.85. The zero-order chi connectivity index (χ0) is 20.3. The van der Waals surface area contributed by atoms with Crippen LogP contribution in [0.3, 0.4) is 0 Å². The van der Waals surface area contributed by atoms with E-state index >= 15 is 0 Å². The molecule has 4 atom stereocenters. The van der Waals surface area contributed by atoms with Gasteiger partial charge in [-0.1, -0.05) is 0 Å². The van der Waals surface area contributed by atoms with Gasteiger partial charge in [-0.05, 0) is 22.6 Å². The molecule has 11 nitrogen and oxygen atoms in total. The second kappa shape index (κ2) is 8.65. The van der Waals surface area contributed by atoms with Crippen LogP contribution in [-0.4, -0.2) is 52.4 Å². The summed E-state index contributed by atoms with van der Waals surface area (Å²) < 4.78 is 22.2. The fourth-order valence-corrected chi connectivity index (χ4v) is 3.00. The first-order chi connectivity index (χ1) is 12.6. The predicted octanol–water partition coefficient (Wildman–Crippen LogP) is -0.535. The summed E-state index contributed by atoms with van der Waals surface area (Å²) in [5, 5.41) is 0. The van der Waals surface area contributed by atoms with Crippen molar-refractivity contribution in [3.8, 4) is 0 Å². The maximum absolute atomic E-state index is 12.2. The molecule has 1 fully saturated rings. The minimum Gasteiger partial charge on any atom is -0.463 e. The lowest BCUT2D eigenvalue weighted by Crippen LogP contribution is -2.42. The summed E-state index contributed by atoms with van der Waals surface area (Å²) in [6, 6.07) is 0. The number of carbonyl (C=O) groups is 3. The summed E-state index contributed by atoms with van der Waals surface area (Å²) in [7, 11) is 0. The van der Waals surface area contributed by atoms with E-state index < -0.39 is 53.7 Å². The second-order valence-corrected chi connectivity index (χ2v) is 6.82. The highest BCUT2D eigenvalue weighted by molar-refractivity contribution is 14.1. The molecule has 2 heterocycles. The van der Waals surface area contributed by atoms with Crippen LogP contribution in [0.1, 0.15) is 27.0 Å². The minimum atomic E-state index is -1.21. The number of nitrogens with zero attached hydrogens (tertiary/aromatic N) is 1. The summed E-state index contributed by atoms with van der Waals surface area (Å²) >= 11 is 1.72. The number of aromatic amines is 1. The average molecular weight is 496 g/mol. The molecule has 0 saturated carbocycles. The van der Waals surface area contributed by atoms with Gasteiger partial charge in [0.15, 0.2) is 18.4 Å². The van der Waals surface area contributed by atoms with E-state index in [1.165, 1.54) is 13.1 Å². The molecule has 148 valence electrons. The van der Waals surface area contributed by atoms with Gasteiger partial charge in [-0.2, -0.15) is 0 Å². The molecule has 0 aliphatic carbocycles. The van der Waals surface area contributed by atoms with Crippen LogP contribution in [0, 0.1) is 3.57 Å². The van der Waals surface area contributed by atoms with Crippen LogP contribution in [0.4, 0.5) is 0 Å². The third kappa shape index (κ3) is 5.15. The van der Waals surface area contributed by atoms with Gasteiger partial charge >= 0.3 is 23.6 Å². The monoisotopic (exact) mass is 496 g/mol. The van der Waals surface area contributed by atoms with Crippen molar-refractivity contribution in [1.82, 2.24) is 9.55 Å². The van der Waals surface area contributed by atoms with E-state index in [4.69, 9.17) is 18.9 Å². The summed E-state index contributed by atoms with van der Waals surface area (Å²) in [4.78, 5) is 60.0. The summed E-state index contributed by atoms with van der Waals surface area (Å²) in [5.41, 5.74) is -1.40. The SMILES string of the molecule is CC(=O)OC[C@H]1O[C@@H](n2cc(I)c(=O)[nH]c2=O)[C@@H](OC(C)=O)[C@@H]1OC(C)=O. The van der Waals surface area contributed by atoms with Gasteiger partial charge in [-0.3, -0.25) is 28.7 Å². The topological polar surface area (TPSA) is 143 Å². The zero-order valence-corrected chi connectivity index (χ0v) is 16.8. The van der Waals surface area contributed by atoms with Crippen molar-refractivity contribution >= 4 is 40.5 Å². The third-order valence-electron chi connectivity index (χ3n) is 3.54. The van der Waals surface area contributed by atoms with Crippen LogP contribution in [0.15, 0.2) is 15.8 Å². The van der Waals surface area contributed by atoms with Crippen LogP contribution >= 0.6 is 22.6 Å². The molecule has 1 aromatic rings. The van der Waals surface area contributed by atoms with Gasteiger partial charge in [0.1, 0.15) is 12.7 Å². The summed E-state index contributed by atoms with van der Waals surface area (Å²) in [6.45, 7) is 3.18. The molecule has 1 aliphatic heterocycles. The third-order valence-corrected chi connectivity index (χ3v) is 4.31. The Bertz CT molecular complexity index is 862. The largest absolute Gasteiger partial charge is 0.463 e. The molecule has 0 spiro atoms. The number of ether oxygens (including phenoxy) is 4. The summed E-state index contributed by atoms with van der Waals surface area (Å²) in [5.74, 6) is -1.98. The molecule has 12 heteroatoms. The van der Waals surface area contributed by atoms with E-state index in [2.05, 4.69) is 4.98 Å². The Hall–Kier alpha value is -2.22. The maximum Gasteiger partial charge on any atom is 0.330 e. The molecule has 0 radical (unpaired) electrons. The molecule has 27 heavy (non-hydrogen) atoms. The predicted molar refractivity (Wildman–Crippen MR) is 95.7 cm³/mol. The lowest BCUT2D eigenvalue weighted by atomic mass is 10.1. The standard InChI is InChI=1S/C15H17IN2O9/c1-6(19)24-5-10-11(25-7(2)20)12(26-8(3)21)14(27-10)18-4-9(16)13(22)17-15(18)23/h4,10-12,14H,5H2,1-3H3,(H,17,22,23)/t10-,11-,12+,14-/m1/s1. The lowest BCUT2D eigenvalue weighted by Gasteiger charge is -2.23. The van der Waals surface area contributed by atoms with Gasteiger partial charge in [0, 0.05) is 27.0 Å². The van der Waals surface area contributed by atoms with Crippen molar-refractivity contribution in [1.29, 1.82) is 0 Å². The molecular formula is C15H17IN2O9. The van der Waals surface area contributed by atoms with Gasteiger partial charge in [0.25, 0.3) is 5.56 Å². The van der Waals surface area contributed by atoms with Crippen LogP contribution < -0.4 is 11.2 Å². The van der Waals surface area contributed by atoms with E-state index in [0.717, 1.165) is 18.4 Å². The van der Waals surface area contributed by atoms with Crippen LogP contribution in [0.5, 0.6) is 0 Å². The normalized spacial score (nSPS) is 24.3. The van der Waals surface area contributed by atoms with E-state index in [0.29, 0.717) is 0 Å². The Morgan fingerprint density at radius 3 is 2.26 bits per heavy atom. The molecule has 1 N–H and O–H groups in total. The molecule has 2 rings (SSSR count). The number of esters is 3. The van der Waals surface area contributed by atoms with Crippen molar-refractivity contribution in [2.75, 3.05) is 6.61 Å². The number of nitrogens with one attached hydrogen (secondary N) is 1. The van der Waals surface area contributed by atoms with E-state index in [-0.39, 0.29) is 10.2 Å². The second-order valence-electron chi connectivity index (χ2n) is 5.66. The Labute approximate surface area is 166 Å². The van der Waals surface area contributed by atoms with Crippen molar-refractivity contribution in [3.05, 3.63) is 30.6 Å². The first-order valence-electron chi connectivity index (χ1n) is 7.74.